The van der Waals surface area contributed by atoms with Gasteiger partial charge in [-0.3, -0.25) is 19.8 Å². The number of halogens is 1. The van der Waals surface area contributed by atoms with Crippen molar-refractivity contribution in [1.82, 2.24) is 4.90 Å². The maximum Gasteiger partial charge on any atom is 0.269 e. The van der Waals surface area contributed by atoms with Gasteiger partial charge in [-0.05, 0) is 17.7 Å². The molecule has 27 heavy (non-hydrogen) atoms. The number of nitrogens with two attached hydrogens (primary N) is 1. The minimum atomic E-state index is -0.457. The molecule has 0 bridgehead atoms. The number of carbonyl (C=O) groups excluding carboxylic acids is 1. The van der Waals surface area contributed by atoms with Crippen molar-refractivity contribution in [3.8, 4) is 0 Å². The first-order valence-corrected chi connectivity index (χ1v) is 8.49. The molecule has 2 aromatic rings. The molecular formula is C19H23ClN4O3. The predicted molar refractivity (Wildman–Crippen MR) is 107 cm³/mol. The van der Waals surface area contributed by atoms with E-state index >= 15 is 0 Å². The molecule has 0 aromatic heterocycles. The molecule has 3 rings (SSSR count). The first-order chi connectivity index (χ1) is 12.5. The van der Waals surface area contributed by atoms with E-state index in [1.54, 1.807) is 19.2 Å². The van der Waals surface area contributed by atoms with Gasteiger partial charge in [-0.2, -0.15) is 0 Å². The predicted octanol–water partition coefficient (Wildman–Crippen LogP) is 2.41. The van der Waals surface area contributed by atoms with Crippen LogP contribution in [0, 0.1) is 10.1 Å². The summed E-state index contributed by atoms with van der Waals surface area (Å²) in [5, 5.41) is 10.7. The van der Waals surface area contributed by atoms with Gasteiger partial charge in [0, 0.05) is 49.9 Å². The summed E-state index contributed by atoms with van der Waals surface area (Å²) in [7, 11) is 1.67. The Morgan fingerprint density at radius 1 is 1.19 bits per heavy atom. The van der Waals surface area contributed by atoms with E-state index in [0.717, 1.165) is 6.54 Å². The SMILES string of the molecule is CN(C(=O)CN1C[C@@H](N)[C@H](c2ccccc2)C1)c1ccc([N+](=O)[O-])cc1.Cl. The number of nitrogens with zero attached hydrogens (tertiary/aromatic N) is 3. The molecule has 2 atom stereocenters. The number of hydrogen-bond donors (Lipinski definition) is 1. The molecule has 7 nitrogen and oxygen atoms in total. The topological polar surface area (TPSA) is 92.7 Å². The van der Waals surface area contributed by atoms with Crippen LogP contribution < -0.4 is 10.6 Å². The second-order valence-corrected chi connectivity index (χ2v) is 6.60. The molecule has 0 saturated carbocycles. The number of benzene rings is 2. The van der Waals surface area contributed by atoms with Crippen LogP contribution in [-0.4, -0.2) is 48.5 Å². The van der Waals surface area contributed by atoms with Gasteiger partial charge in [0.25, 0.3) is 5.69 Å². The highest BCUT2D eigenvalue weighted by Crippen LogP contribution is 2.26. The Morgan fingerprint density at radius 2 is 1.81 bits per heavy atom. The summed E-state index contributed by atoms with van der Waals surface area (Å²) in [6, 6.07) is 16.1. The number of anilines is 1. The summed E-state index contributed by atoms with van der Waals surface area (Å²) in [5.41, 5.74) is 8.11. The number of non-ortho nitro benzene ring substituents is 1. The van der Waals surface area contributed by atoms with E-state index < -0.39 is 4.92 Å². The van der Waals surface area contributed by atoms with Crippen LogP contribution in [0.1, 0.15) is 11.5 Å². The van der Waals surface area contributed by atoms with Gasteiger partial charge in [0.1, 0.15) is 0 Å². The summed E-state index contributed by atoms with van der Waals surface area (Å²) in [4.78, 5) is 26.4. The summed E-state index contributed by atoms with van der Waals surface area (Å²) in [5.74, 6) is 0.147. The highest BCUT2D eigenvalue weighted by Gasteiger charge is 2.32. The average Bonchev–Trinajstić information content (AvgIpc) is 3.02. The molecule has 144 valence electrons. The third-order valence-electron chi connectivity index (χ3n) is 4.85. The molecule has 0 unspecified atom stereocenters. The van der Waals surface area contributed by atoms with Gasteiger partial charge in [0.2, 0.25) is 5.91 Å². The fourth-order valence-corrected chi connectivity index (χ4v) is 3.33. The lowest BCUT2D eigenvalue weighted by molar-refractivity contribution is -0.384. The number of rotatable bonds is 5. The van der Waals surface area contributed by atoms with Crippen molar-refractivity contribution in [3.05, 3.63) is 70.3 Å². The number of nitro benzene ring substituents is 1. The zero-order chi connectivity index (χ0) is 18.7. The smallest absolute Gasteiger partial charge is 0.269 e. The molecule has 1 aliphatic heterocycles. The molecule has 8 heteroatoms. The molecule has 0 spiro atoms. The van der Waals surface area contributed by atoms with Crippen LogP contribution in [0.3, 0.4) is 0 Å². The fourth-order valence-electron chi connectivity index (χ4n) is 3.33. The van der Waals surface area contributed by atoms with Crippen molar-refractivity contribution < 1.29 is 9.72 Å². The minimum absolute atomic E-state index is 0. The summed E-state index contributed by atoms with van der Waals surface area (Å²) >= 11 is 0. The van der Waals surface area contributed by atoms with Crippen molar-refractivity contribution in [2.45, 2.75) is 12.0 Å². The van der Waals surface area contributed by atoms with Crippen LogP contribution in [0.2, 0.25) is 0 Å². The number of carbonyl (C=O) groups is 1. The maximum atomic E-state index is 12.6. The number of likely N-dealkylation sites (N-methyl/N-ethyl adjacent to an activating group) is 1. The second kappa shape index (κ2) is 8.94. The molecular weight excluding hydrogens is 368 g/mol. The van der Waals surface area contributed by atoms with Gasteiger partial charge in [-0.1, -0.05) is 30.3 Å². The fraction of sp³-hybridized carbons (Fsp3) is 0.316. The third-order valence-corrected chi connectivity index (χ3v) is 4.85. The van der Waals surface area contributed by atoms with E-state index in [1.165, 1.54) is 22.6 Å². The first-order valence-electron chi connectivity index (χ1n) is 8.49. The largest absolute Gasteiger partial charge is 0.326 e. The maximum absolute atomic E-state index is 12.6. The Morgan fingerprint density at radius 3 is 2.41 bits per heavy atom. The van der Waals surface area contributed by atoms with Crippen molar-refractivity contribution in [1.29, 1.82) is 0 Å². The third kappa shape index (κ3) is 4.82. The van der Waals surface area contributed by atoms with Gasteiger partial charge in [-0.15, -0.1) is 12.4 Å². The number of nitro groups is 1. The molecule has 1 amide bonds. The second-order valence-electron chi connectivity index (χ2n) is 6.60. The van der Waals surface area contributed by atoms with E-state index in [4.69, 9.17) is 5.73 Å². The lowest BCUT2D eigenvalue weighted by Gasteiger charge is -2.21. The zero-order valence-electron chi connectivity index (χ0n) is 15.0. The van der Waals surface area contributed by atoms with Crippen molar-refractivity contribution >= 4 is 29.7 Å². The number of amides is 1. The monoisotopic (exact) mass is 390 g/mol. The van der Waals surface area contributed by atoms with Gasteiger partial charge < -0.3 is 10.6 Å². The van der Waals surface area contributed by atoms with Crippen LogP contribution in [0.25, 0.3) is 0 Å². The van der Waals surface area contributed by atoms with Crippen LogP contribution in [0.5, 0.6) is 0 Å². The first kappa shape index (κ1) is 20.8. The van der Waals surface area contributed by atoms with Crippen molar-refractivity contribution in [2.75, 3.05) is 31.6 Å². The van der Waals surface area contributed by atoms with Crippen molar-refractivity contribution in [3.63, 3.8) is 0 Å². The highest BCUT2D eigenvalue weighted by atomic mass is 35.5. The molecule has 2 N–H and O–H groups in total. The van der Waals surface area contributed by atoms with Gasteiger partial charge in [-0.25, -0.2) is 0 Å². The summed E-state index contributed by atoms with van der Waals surface area (Å²) in [6.07, 6.45) is 0. The van der Waals surface area contributed by atoms with Crippen LogP contribution in [-0.2, 0) is 4.79 Å². The van der Waals surface area contributed by atoms with E-state index in [1.807, 2.05) is 18.2 Å². The minimum Gasteiger partial charge on any atom is -0.326 e. The Kier molecular flexibility index (Phi) is 6.90. The van der Waals surface area contributed by atoms with Gasteiger partial charge >= 0.3 is 0 Å². The highest BCUT2D eigenvalue weighted by molar-refractivity contribution is 5.94. The zero-order valence-corrected chi connectivity index (χ0v) is 15.8. The Hall–Kier alpha value is -2.48. The quantitative estimate of drug-likeness (QED) is 0.625. The average molecular weight is 391 g/mol. The molecule has 2 aromatic carbocycles. The van der Waals surface area contributed by atoms with E-state index in [9.17, 15) is 14.9 Å². The number of likely N-dealkylation sites (tertiary alicyclic amines) is 1. The van der Waals surface area contributed by atoms with E-state index in [-0.39, 0.29) is 42.5 Å². The number of hydrogen-bond acceptors (Lipinski definition) is 5. The van der Waals surface area contributed by atoms with Gasteiger partial charge in [0.05, 0.1) is 11.5 Å². The van der Waals surface area contributed by atoms with Crippen LogP contribution >= 0.6 is 12.4 Å². The van der Waals surface area contributed by atoms with Gasteiger partial charge in [0.15, 0.2) is 0 Å². The Bertz CT molecular complexity index is 785. The van der Waals surface area contributed by atoms with Crippen LogP contribution in [0.15, 0.2) is 54.6 Å². The summed E-state index contributed by atoms with van der Waals surface area (Å²) < 4.78 is 0. The normalized spacial score (nSPS) is 19.3. The molecule has 1 aliphatic rings. The Labute approximate surface area is 164 Å². The Balaban J connectivity index is 0.00000261. The van der Waals surface area contributed by atoms with Crippen molar-refractivity contribution in [2.24, 2.45) is 5.73 Å². The lowest BCUT2D eigenvalue weighted by Crippen LogP contribution is -2.38. The summed E-state index contributed by atoms with van der Waals surface area (Å²) in [6.45, 7) is 1.68. The van der Waals surface area contributed by atoms with E-state index in [0.29, 0.717) is 12.2 Å². The molecule has 1 saturated heterocycles. The molecule has 0 aliphatic carbocycles. The lowest BCUT2D eigenvalue weighted by atomic mass is 9.95. The molecule has 1 heterocycles. The van der Waals surface area contributed by atoms with Crippen LogP contribution in [0.4, 0.5) is 11.4 Å². The molecule has 1 fully saturated rings. The standard InChI is InChI=1S/C19H22N4O3.ClH/c1-21(15-7-9-16(10-8-15)23(25)26)19(24)13-22-11-17(18(20)12-22)14-5-3-2-4-6-14;/h2-10,17-18H,11-13,20H2,1H3;1H/t17-,18+;/m0./s1. The molecule has 0 radical (unpaired) electrons. The van der Waals surface area contributed by atoms with E-state index in [2.05, 4.69) is 17.0 Å².